The Hall–Kier alpha value is -3.16. The molecule has 0 aliphatic rings. The van der Waals surface area contributed by atoms with Crippen LogP contribution in [-0.4, -0.2) is 22.2 Å². The smallest absolute Gasteiger partial charge is 0.352 e. The molecule has 0 spiro atoms. The number of alkyl halides is 3. The van der Waals surface area contributed by atoms with Gasteiger partial charge < -0.3 is 5.32 Å². The van der Waals surface area contributed by atoms with Gasteiger partial charge in [0.2, 0.25) is 0 Å². The lowest BCUT2D eigenvalue weighted by atomic mass is 10.1. The number of aromatic nitrogens is 2. The van der Waals surface area contributed by atoms with E-state index in [0.29, 0.717) is 24.2 Å². The van der Waals surface area contributed by atoms with Crippen LogP contribution in [0.15, 0.2) is 60.8 Å². The van der Waals surface area contributed by atoms with E-state index in [2.05, 4.69) is 10.4 Å². The molecule has 0 aliphatic heterocycles. The third kappa shape index (κ3) is 4.72. The number of halogens is 4. The van der Waals surface area contributed by atoms with Gasteiger partial charge in [0.05, 0.1) is 16.9 Å². The highest BCUT2D eigenvalue weighted by molar-refractivity contribution is 5.94. The fraction of sp³-hybridized carbons (Fsp3) is 0.158. The van der Waals surface area contributed by atoms with Crippen molar-refractivity contribution in [1.29, 1.82) is 0 Å². The summed E-state index contributed by atoms with van der Waals surface area (Å²) in [5.74, 6) is -1.89. The standard InChI is InChI=1S/C19H15F4N3O/c20-15-11-13(10-14(12-15)19(21,22)23)18(27)24-8-6-16-7-9-26(25-16)17-4-2-1-3-5-17/h1-5,7,9-12H,6,8H2,(H,24,27). The zero-order valence-corrected chi connectivity index (χ0v) is 14.0. The number of amides is 1. The summed E-state index contributed by atoms with van der Waals surface area (Å²) in [5.41, 5.74) is 0.00740. The van der Waals surface area contributed by atoms with E-state index < -0.39 is 23.5 Å². The average Bonchev–Trinajstić information content (AvgIpc) is 3.10. The lowest BCUT2D eigenvalue weighted by Crippen LogP contribution is -2.26. The number of benzene rings is 2. The quantitative estimate of drug-likeness (QED) is 0.683. The van der Waals surface area contributed by atoms with Crippen molar-refractivity contribution in [3.8, 4) is 5.69 Å². The topological polar surface area (TPSA) is 46.9 Å². The fourth-order valence-electron chi connectivity index (χ4n) is 2.51. The van der Waals surface area contributed by atoms with E-state index in [9.17, 15) is 22.4 Å². The second kappa shape index (κ2) is 7.61. The molecule has 0 aliphatic carbocycles. The molecule has 27 heavy (non-hydrogen) atoms. The van der Waals surface area contributed by atoms with Crippen molar-refractivity contribution < 1.29 is 22.4 Å². The monoisotopic (exact) mass is 377 g/mol. The predicted octanol–water partition coefficient (Wildman–Crippen LogP) is 4.00. The summed E-state index contributed by atoms with van der Waals surface area (Å²) >= 11 is 0. The first kappa shape index (κ1) is 18.6. The Bertz CT molecular complexity index is 936. The van der Waals surface area contributed by atoms with Gasteiger partial charge in [-0.2, -0.15) is 18.3 Å². The Morgan fingerprint density at radius 1 is 1.07 bits per heavy atom. The van der Waals surface area contributed by atoms with Crippen LogP contribution in [0.4, 0.5) is 17.6 Å². The van der Waals surface area contributed by atoms with E-state index in [1.807, 2.05) is 30.3 Å². The summed E-state index contributed by atoms with van der Waals surface area (Å²) in [6, 6.07) is 13.0. The van der Waals surface area contributed by atoms with Gasteiger partial charge in [-0.05, 0) is 36.4 Å². The van der Waals surface area contributed by atoms with Crippen molar-refractivity contribution in [2.24, 2.45) is 0 Å². The van der Waals surface area contributed by atoms with Crippen molar-refractivity contribution in [1.82, 2.24) is 15.1 Å². The Morgan fingerprint density at radius 2 is 1.81 bits per heavy atom. The van der Waals surface area contributed by atoms with Gasteiger partial charge in [0.25, 0.3) is 5.91 Å². The molecule has 4 nitrogen and oxygen atoms in total. The Kier molecular flexibility index (Phi) is 5.25. The van der Waals surface area contributed by atoms with Gasteiger partial charge >= 0.3 is 6.18 Å². The number of hydrogen-bond acceptors (Lipinski definition) is 2. The summed E-state index contributed by atoms with van der Waals surface area (Å²) in [6.07, 6.45) is -2.57. The predicted molar refractivity (Wildman–Crippen MR) is 91.0 cm³/mol. The highest BCUT2D eigenvalue weighted by Crippen LogP contribution is 2.30. The van der Waals surface area contributed by atoms with E-state index in [1.54, 1.807) is 16.9 Å². The van der Waals surface area contributed by atoms with Crippen LogP contribution in [0, 0.1) is 5.82 Å². The highest BCUT2D eigenvalue weighted by Gasteiger charge is 2.31. The zero-order chi connectivity index (χ0) is 19.4. The Morgan fingerprint density at radius 3 is 2.52 bits per heavy atom. The van der Waals surface area contributed by atoms with Gasteiger partial charge in [0.1, 0.15) is 5.82 Å². The number of hydrogen-bond donors (Lipinski definition) is 1. The molecule has 1 heterocycles. The molecule has 0 saturated carbocycles. The summed E-state index contributed by atoms with van der Waals surface area (Å²) < 4.78 is 53.2. The first-order valence-corrected chi connectivity index (χ1v) is 8.09. The number of rotatable bonds is 5. The molecule has 0 unspecified atom stereocenters. The summed E-state index contributed by atoms with van der Waals surface area (Å²) in [5, 5.41) is 6.85. The number of nitrogens with zero attached hydrogens (tertiary/aromatic N) is 2. The van der Waals surface area contributed by atoms with Crippen LogP contribution in [0.3, 0.4) is 0 Å². The van der Waals surface area contributed by atoms with E-state index in [1.165, 1.54) is 0 Å². The lowest BCUT2D eigenvalue weighted by molar-refractivity contribution is -0.137. The molecule has 0 atom stereocenters. The lowest BCUT2D eigenvalue weighted by Gasteiger charge is -2.09. The molecule has 8 heteroatoms. The van der Waals surface area contributed by atoms with Gasteiger partial charge in [-0.1, -0.05) is 18.2 Å². The highest BCUT2D eigenvalue weighted by atomic mass is 19.4. The molecule has 0 bridgehead atoms. The van der Waals surface area contributed by atoms with Crippen LogP contribution in [-0.2, 0) is 12.6 Å². The van der Waals surface area contributed by atoms with Crippen molar-refractivity contribution in [2.45, 2.75) is 12.6 Å². The van der Waals surface area contributed by atoms with Gasteiger partial charge in [-0.3, -0.25) is 4.79 Å². The second-order valence-corrected chi connectivity index (χ2v) is 5.82. The molecule has 1 N–H and O–H groups in total. The molecule has 0 saturated heterocycles. The number of nitrogens with one attached hydrogen (secondary N) is 1. The molecule has 3 aromatic rings. The summed E-state index contributed by atoms with van der Waals surface area (Å²) in [7, 11) is 0. The van der Waals surface area contributed by atoms with E-state index in [-0.39, 0.29) is 12.1 Å². The first-order valence-electron chi connectivity index (χ1n) is 8.09. The molecule has 140 valence electrons. The van der Waals surface area contributed by atoms with Crippen molar-refractivity contribution in [3.63, 3.8) is 0 Å². The van der Waals surface area contributed by atoms with Crippen molar-refractivity contribution >= 4 is 5.91 Å². The third-order valence-corrected chi connectivity index (χ3v) is 3.82. The molecular formula is C19H15F4N3O. The number of carbonyl (C=O) groups excluding carboxylic acids is 1. The van der Waals surface area contributed by atoms with Gasteiger partial charge in [-0.15, -0.1) is 0 Å². The Balaban J connectivity index is 1.61. The fourth-order valence-corrected chi connectivity index (χ4v) is 2.51. The third-order valence-electron chi connectivity index (χ3n) is 3.82. The van der Waals surface area contributed by atoms with Crippen LogP contribution >= 0.6 is 0 Å². The van der Waals surface area contributed by atoms with Gasteiger partial charge in [0, 0.05) is 24.7 Å². The second-order valence-electron chi connectivity index (χ2n) is 5.82. The van der Waals surface area contributed by atoms with Crippen LogP contribution in [0.25, 0.3) is 5.69 Å². The summed E-state index contributed by atoms with van der Waals surface area (Å²) in [4.78, 5) is 12.0. The molecular weight excluding hydrogens is 362 g/mol. The van der Waals surface area contributed by atoms with Crippen molar-refractivity contribution in [3.05, 3.63) is 83.4 Å². The molecule has 0 radical (unpaired) electrons. The zero-order valence-electron chi connectivity index (χ0n) is 14.0. The number of para-hydroxylation sites is 1. The van der Waals surface area contributed by atoms with Gasteiger partial charge in [0.15, 0.2) is 0 Å². The molecule has 2 aromatic carbocycles. The minimum absolute atomic E-state index is 0.155. The molecule has 0 fully saturated rings. The Labute approximate surface area is 152 Å². The normalized spacial score (nSPS) is 11.4. The minimum atomic E-state index is -4.72. The maximum atomic E-state index is 13.4. The van der Waals surface area contributed by atoms with E-state index in [0.717, 1.165) is 11.8 Å². The first-order chi connectivity index (χ1) is 12.8. The van der Waals surface area contributed by atoms with Crippen LogP contribution in [0.5, 0.6) is 0 Å². The molecule has 1 aromatic heterocycles. The SMILES string of the molecule is O=C(NCCc1ccn(-c2ccccc2)n1)c1cc(F)cc(C(F)(F)F)c1. The van der Waals surface area contributed by atoms with Crippen LogP contribution < -0.4 is 5.32 Å². The van der Waals surface area contributed by atoms with Crippen molar-refractivity contribution in [2.75, 3.05) is 6.54 Å². The number of carbonyl (C=O) groups is 1. The largest absolute Gasteiger partial charge is 0.416 e. The van der Waals surface area contributed by atoms with Crippen LogP contribution in [0.2, 0.25) is 0 Å². The van der Waals surface area contributed by atoms with E-state index >= 15 is 0 Å². The molecule has 1 amide bonds. The maximum absolute atomic E-state index is 13.4. The van der Waals surface area contributed by atoms with Crippen LogP contribution in [0.1, 0.15) is 21.6 Å². The molecule has 3 rings (SSSR count). The summed E-state index contributed by atoms with van der Waals surface area (Å²) in [6.45, 7) is 0.155. The average molecular weight is 377 g/mol. The maximum Gasteiger partial charge on any atom is 0.416 e. The van der Waals surface area contributed by atoms with Gasteiger partial charge in [-0.25, -0.2) is 9.07 Å². The minimum Gasteiger partial charge on any atom is -0.352 e. The van der Waals surface area contributed by atoms with E-state index in [4.69, 9.17) is 0 Å².